The predicted molar refractivity (Wildman–Crippen MR) is 71.6 cm³/mol. The molecule has 1 atom stereocenters. The van der Waals surface area contributed by atoms with E-state index in [1.165, 1.54) is 12.8 Å². The zero-order valence-electron chi connectivity index (χ0n) is 10.5. The van der Waals surface area contributed by atoms with Crippen LogP contribution in [0.2, 0.25) is 5.02 Å². The summed E-state index contributed by atoms with van der Waals surface area (Å²) in [5.41, 5.74) is 0.901. The summed E-state index contributed by atoms with van der Waals surface area (Å²) in [7, 11) is 0. The van der Waals surface area contributed by atoms with E-state index in [1.807, 2.05) is 19.1 Å². The van der Waals surface area contributed by atoms with Crippen molar-refractivity contribution in [3.05, 3.63) is 34.9 Å². The molecule has 1 saturated carbocycles. The molecule has 3 nitrogen and oxygen atoms in total. The summed E-state index contributed by atoms with van der Waals surface area (Å²) in [6, 6.07) is 6.93. The monoisotopic (exact) mass is 267 g/mol. The smallest absolute Gasteiger partial charge is 0.327 e. The lowest BCUT2D eigenvalue weighted by Gasteiger charge is -2.17. The van der Waals surface area contributed by atoms with Gasteiger partial charge in [0.15, 0.2) is 0 Å². The van der Waals surface area contributed by atoms with E-state index < -0.39 is 0 Å². The highest BCUT2D eigenvalue weighted by molar-refractivity contribution is 6.30. The lowest BCUT2D eigenvalue weighted by molar-refractivity contribution is -0.145. The first-order valence-electron chi connectivity index (χ1n) is 6.36. The number of carbonyl (C=O) groups excluding carboxylic acids is 1. The molecule has 1 aliphatic carbocycles. The highest BCUT2D eigenvalue weighted by Gasteiger charge is 2.26. The van der Waals surface area contributed by atoms with Gasteiger partial charge in [0.05, 0.1) is 6.61 Å². The third-order valence-corrected chi connectivity index (χ3v) is 3.29. The van der Waals surface area contributed by atoms with Crippen molar-refractivity contribution in [2.24, 2.45) is 5.92 Å². The maximum atomic E-state index is 11.9. The third kappa shape index (κ3) is 3.72. The van der Waals surface area contributed by atoms with E-state index >= 15 is 0 Å². The van der Waals surface area contributed by atoms with E-state index in [1.54, 1.807) is 12.1 Å². The molecule has 1 aromatic rings. The Kier molecular flexibility index (Phi) is 4.61. The van der Waals surface area contributed by atoms with Crippen LogP contribution >= 0.6 is 11.6 Å². The van der Waals surface area contributed by atoms with Crippen molar-refractivity contribution in [2.45, 2.75) is 25.8 Å². The summed E-state index contributed by atoms with van der Waals surface area (Å²) in [5.74, 6) is 0.495. The van der Waals surface area contributed by atoms with Crippen LogP contribution in [0, 0.1) is 5.92 Å². The Morgan fingerprint density at radius 3 is 2.67 bits per heavy atom. The van der Waals surface area contributed by atoms with Crippen LogP contribution < -0.4 is 5.32 Å². The van der Waals surface area contributed by atoms with Gasteiger partial charge in [0.2, 0.25) is 0 Å². The zero-order chi connectivity index (χ0) is 13.0. The molecule has 18 heavy (non-hydrogen) atoms. The highest BCUT2D eigenvalue weighted by atomic mass is 35.5. The maximum Gasteiger partial charge on any atom is 0.327 e. The first kappa shape index (κ1) is 13.4. The summed E-state index contributed by atoms with van der Waals surface area (Å²) in [6.45, 7) is 3.08. The quantitative estimate of drug-likeness (QED) is 0.806. The molecule has 0 saturated heterocycles. The van der Waals surface area contributed by atoms with Gasteiger partial charge in [-0.1, -0.05) is 23.7 Å². The van der Waals surface area contributed by atoms with Gasteiger partial charge in [0.25, 0.3) is 0 Å². The number of nitrogens with one attached hydrogen (secondary N) is 1. The Bertz CT molecular complexity index is 401. The van der Waals surface area contributed by atoms with Gasteiger partial charge >= 0.3 is 5.97 Å². The number of halogens is 1. The van der Waals surface area contributed by atoms with Gasteiger partial charge in [0.1, 0.15) is 6.04 Å². The minimum atomic E-state index is -0.386. The van der Waals surface area contributed by atoms with E-state index in [9.17, 15) is 4.79 Å². The largest absolute Gasteiger partial charge is 0.465 e. The molecule has 1 unspecified atom stereocenters. The Morgan fingerprint density at radius 2 is 2.11 bits per heavy atom. The van der Waals surface area contributed by atoms with E-state index in [2.05, 4.69) is 5.32 Å². The maximum absolute atomic E-state index is 11.9. The Labute approximate surface area is 112 Å². The van der Waals surface area contributed by atoms with Crippen molar-refractivity contribution in [1.82, 2.24) is 5.32 Å². The van der Waals surface area contributed by atoms with Gasteiger partial charge in [-0.25, -0.2) is 4.79 Å². The molecular formula is C14H18ClNO2. The number of rotatable bonds is 6. The summed E-state index contributed by atoms with van der Waals surface area (Å²) in [4.78, 5) is 11.9. The van der Waals surface area contributed by atoms with Gasteiger partial charge in [-0.3, -0.25) is 0 Å². The first-order chi connectivity index (χ1) is 8.70. The van der Waals surface area contributed by atoms with Crippen LogP contribution in [-0.2, 0) is 9.53 Å². The summed E-state index contributed by atoms with van der Waals surface area (Å²) in [5, 5.41) is 3.95. The minimum Gasteiger partial charge on any atom is -0.465 e. The summed E-state index contributed by atoms with van der Waals surface area (Å²) < 4.78 is 5.11. The van der Waals surface area contributed by atoms with Crippen molar-refractivity contribution in [1.29, 1.82) is 0 Å². The number of hydrogen-bond donors (Lipinski definition) is 1. The molecule has 2 rings (SSSR count). The molecule has 1 aliphatic rings. The van der Waals surface area contributed by atoms with Gasteiger partial charge in [-0.2, -0.15) is 0 Å². The Hall–Kier alpha value is -1.06. The fourth-order valence-corrected chi connectivity index (χ4v) is 1.95. The van der Waals surface area contributed by atoms with Gasteiger partial charge in [0, 0.05) is 5.02 Å². The van der Waals surface area contributed by atoms with Crippen molar-refractivity contribution < 1.29 is 9.53 Å². The molecule has 0 heterocycles. The van der Waals surface area contributed by atoms with Crippen LogP contribution in [0.1, 0.15) is 31.4 Å². The van der Waals surface area contributed by atoms with Crippen LogP contribution in [-0.4, -0.2) is 19.1 Å². The zero-order valence-corrected chi connectivity index (χ0v) is 11.2. The van der Waals surface area contributed by atoms with E-state index in [-0.39, 0.29) is 12.0 Å². The van der Waals surface area contributed by atoms with Crippen LogP contribution in [0.3, 0.4) is 0 Å². The molecule has 4 heteroatoms. The topological polar surface area (TPSA) is 38.3 Å². The van der Waals surface area contributed by atoms with Gasteiger partial charge in [-0.05, 0) is 49.9 Å². The molecule has 0 radical (unpaired) electrons. The Balaban J connectivity index is 2.06. The predicted octanol–water partition coefficient (Wildman–Crippen LogP) is 2.94. The molecule has 0 bridgehead atoms. The molecule has 0 aromatic heterocycles. The lowest BCUT2D eigenvalue weighted by atomic mass is 10.1. The van der Waals surface area contributed by atoms with E-state index in [4.69, 9.17) is 16.3 Å². The number of benzene rings is 1. The van der Waals surface area contributed by atoms with Crippen molar-refractivity contribution in [2.75, 3.05) is 13.2 Å². The molecule has 1 N–H and O–H groups in total. The van der Waals surface area contributed by atoms with Crippen molar-refractivity contribution >= 4 is 17.6 Å². The third-order valence-electron chi connectivity index (χ3n) is 3.03. The molecular weight excluding hydrogens is 250 g/mol. The van der Waals surface area contributed by atoms with Gasteiger partial charge < -0.3 is 10.1 Å². The number of esters is 1. The van der Waals surface area contributed by atoms with Crippen molar-refractivity contribution in [3.8, 4) is 0 Å². The number of ether oxygens (including phenoxy) is 1. The summed E-state index contributed by atoms with van der Waals surface area (Å²) >= 11 is 5.86. The minimum absolute atomic E-state index is 0.222. The Morgan fingerprint density at radius 1 is 1.44 bits per heavy atom. The van der Waals surface area contributed by atoms with E-state index in [0.29, 0.717) is 17.5 Å². The molecule has 1 fully saturated rings. The average Bonchev–Trinajstić information content (AvgIpc) is 3.16. The van der Waals surface area contributed by atoms with Crippen LogP contribution in [0.4, 0.5) is 0 Å². The first-order valence-corrected chi connectivity index (χ1v) is 6.74. The number of carbonyl (C=O) groups is 1. The second kappa shape index (κ2) is 6.21. The fourth-order valence-electron chi connectivity index (χ4n) is 1.82. The number of hydrogen-bond acceptors (Lipinski definition) is 3. The summed E-state index contributed by atoms with van der Waals surface area (Å²) in [6.07, 6.45) is 2.51. The second-order valence-corrected chi connectivity index (χ2v) is 5.02. The lowest BCUT2D eigenvalue weighted by Crippen LogP contribution is -2.31. The van der Waals surface area contributed by atoms with Crippen molar-refractivity contribution in [3.63, 3.8) is 0 Å². The fraction of sp³-hybridized carbons (Fsp3) is 0.500. The molecule has 0 amide bonds. The normalized spacial score (nSPS) is 16.3. The van der Waals surface area contributed by atoms with Crippen LogP contribution in [0.25, 0.3) is 0 Å². The van der Waals surface area contributed by atoms with Gasteiger partial charge in [-0.15, -0.1) is 0 Å². The second-order valence-electron chi connectivity index (χ2n) is 4.59. The molecule has 1 aromatic carbocycles. The molecule has 98 valence electrons. The standard InChI is InChI=1S/C14H18ClNO2/c1-2-18-14(17)13(16-9-10-3-4-10)11-5-7-12(15)8-6-11/h5-8,10,13,16H,2-4,9H2,1H3. The van der Waals surface area contributed by atoms with Crippen LogP contribution in [0.15, 0.2) is 24.3 Å². The van der Waals surface area contributed by atoms with Crippen LogP contribution in [0.5, 0.6) is 0 Å². The molecule has 0 spiro atoms. The highest BCUT2D eigenvalue weighted by Crippen LogP contribution is 2.29. The van der Waals surface area contributed by atoms with E-state index in [0.717, 1.165) is 12.1 Å². The average molecular weight is 268 g/mol. The SMILES string of the molecule is CCOC(=O)C(NCC1CC1)c1ccc(Cl)cc1. The molecule has 0 aliphatic heterocycles.